The Balaban J connectivity index is 2.05. The van der Waals surface area contributed by atoms with E-state index in [0.29, 0.717) is 5.92 Å². The molecule has 0 radical (unpaired) electrons. The Morgan fingerprint density at radius 2 is 1.78 bits per heavy atom. The SMILES string of the molecule is C=C(C)/C=C(/C)c1ccc(CCC(C)c2ccccc2)cc1C. The van der Waals surface area contributed by atoms with Gasteiger partial charge in [-0.25, -0.2) is 0 Å². The van der Waals surface area contributed by atoms with E-state index in [-0.39, 0.29) is 0 Å². The highest BCUT2D eigenvalue weighted by atomic mass is 14.1. The van der Waals surface area contributed by atoms with E-state index >= 15 is 0 Å². The number of hydrogen-bond acceptors (Lipinski definition) is 0. The van der Waals surface area contributed by atoms with Crippen molar-refractivity contribution in [3.8, 4) is 0 Å². The molecule has 0 aliphatic rings. The third kappa shape index (κ3) is 4.96. The van der Waals surface area contributed by atoms with E-state index < -0.39 is 0 Å². The van der Waals surface area contributed by atoms with Crippen LogP contribution in [0.5, 0.6) is 0 Å². The smallest absolute Gasteiger partial charge is 0.0187 e. The highest BCUT2D eigenvalue weighted by Crippen LogP contribution is 2.24. The molecule has 0 nitrogen and oxygen atoms in total. The van der Waals surface area contributed by atoms with Crippen molar-refractivity contribution in [3.63, 3.8) is 0 Å². The Morgan fingerprint density at radius 1 is 1.09 bits per heavy atom. The van der Waals surface area contributed by atoms with Crippen LogP contribution in [0, 0.1) is 6.92 Å². The van der Waals surface area contributed by atoms with Crippen molar-refractivity contribution in [1.82, 2.24) is 0 Å². The van der Waals surface area contributed by atoms with E-state index in [1.165, 1.54) is 34.2 Å². The predicted octanol–water partition coefficient (Wildman–Crippen LogP) is 6.71. The van der Waals surface area contributed by atoms with Crippen molar-refractivity contribution in [2.75, 3.05) is 0 Å². The van der Waals surface area contributed by atoms with Gasteiger partial charge in [-0.3, -0.25) is 0 Å². The molecule has 1 atom stereocenters. The Morgan fingerprint density at radius 3 is 2.39 bits per heavy atom. The average molecular weight is 304 g/mol. The zero-order valence-electron chi connectivity index (χ0n) is 14.9. The van der Waals surface area contributed by atoms with Crippen LogP contribution in [0.1, 0.15) is 55.4 Å². The van der Waals surface area contributed by atoms with Crippen molar-refractivity contribution in [2.45, 2.75) is 46.5 Å². The summed E-state index contributed by atoms with van der Waals surface area (Å²) in [5, 5.41) is 0. The van der Waals surface area contributed by atoms with E-state index in [1.54, 1.807) is 0 Å². The van der Waals surface area contributed by atoms with Crippen LogP contribution in [-0.2, 0) is 6.42 Å². The number of rotatable bonds is 6. The largest absolute Gasteiger partial charge is 0.0961 e. The molecule has 2 rings (SSSR count). The maximum Gasteiger partial charge on any atom is -0.0187 e. The maximum absolute atomic E-state index is 3.97. The number of hydrogen-bond donors (Lipinski definition) is 0. The number of benzene rings is 2. The highest BCUT2D eigenvalue weighted by Gasteiger charge is 2.07. The van der Waals surface area contributed by atoms with E-state index in [1.807, 2.05) is 6.92 Å². The van der Waals surface area contributed by atoms with Crippen molar-refractivity contribution in [2.24, 2.45) is 0 Å². The fraction of sp³-hybridized carbons (Fsp3) is 0.304. The maximum atomic E-state index is 3.97. The summed E-state index contributed by atoms with van der Waals surface area (Å²) in [6.45, 7) is 12.7. The monoisotopic (exact) mass is 304 g/mol. The van der Waals surface area contributed by atoms with Crippen LogP contribution >= 0.6 is 0 Å². The molecule has 1 unspecified atom stereocenters. The first-order valence-electron chi connectivity index (χ1n) is 8.46. The molecule has 120 valence electrons. The molecule has 0 heteroatoms. The molecular weight excluding hydrogens is 276 g/mol. The Kier molecular flexibility index (Phi) is 5.98. The molecule has 0 spiro atoms. The van der Waals surface area contributed by atoms with Crippen LogP contribution in [0.2, 0.25) is 0 Å². The van der Waals surface area contributed by atoms with E-state index in [9.17, 15) is 0 Å². The van der Waals surface area contributed by atoms with E-state index in [2.05, 4.69) is 82.0 Å². The molecule has 0 saturated carbocycles. The summed E-state index contributed by atoms with van der Waals surface area (Å²) in [5.41, 5.74) is 7.93. The third-order valence-electron chi connectivity index (χ3n) is 4.41. The lowest BCUT2D eigenvalue weighted by Crippen LogP contribution is -1.97. The highest BCUT2D eigenvalue weighted by molar-refractivity contribution is 5.68. The second kappa shape index (κ2) is 7.97. The average Bonchev–Trinajstić information content (AvgIpc) is 2.52. The van der Waals surface area contributed by atoms with E-state index in [0.717, 1.165) is 12.0 Å². The Labute approximate surface area is 141 Å². The second-order valence-corrected chi connectivity index (χ2v) is 6.67. The molecule has 0 aliphatic heterocycles. The molecule has 2 aromatic rings. The zero-order valence-corrected chi connectivity index (χ0v) is 14.9. The van der Waals surface area contributed by atoms with Gasteiger partial charge in [-0.15, -0.1) is 0 Å². The van der Waals surface area contributed by atoms with Gasteiger partial charge in [0, 0.05) is 0 Å². The Hall–Kier alpha value is -2.08. The molecule has 23 heavy (non-hydrogen) atoms. The molecular formula is C23H28. The summed E-state index contributed by atoms with van der Waals surface area (Å²) in [6, 6.07) is 17.7. The van der Waals surface area contributed by atoms with Gasteiger partial charge in [-0.05, 0) is 67.4 Å². The quantitative estimate of drug-likeness (QED) is 0.520. The van der Waals surface area contributed by atoms with Crippen LogP contribution in [0.4, 0.5) is 0 Å². The normalized spacial score (nSPS) is 13.0. The lowest BCUT2D eigenvalue weighted by atomic mass is 9.92. The Bertz CT molecular complexity index is 689. The molecule has 0 aromatic heterocycles. The minimum absolute atomic E-state index is 0.598. The third-order valence-corrected chi connectivity index (χ3v) is 4.41. The molecule has 0 saturated heterocycles. The van der Waals surface area contributed by atoms with Crippen LogP contribution in [0.15, 0.2) is 66.8 Å². The van der Waals surface area contributed by atoms with Gasteiger partial charge in [0.15, 0.2) is 0 Å². The summed E-state index contributed by atoms with van der Waals surface area (Å²) in [5.74, 6) is 0.598. The topological polar surface area (TPSA) is 0 Å². The van der Waals surface area contributed by atoms with Gasteiger partial charge >= 0.3 is 0 Å². The van der Waals surface area contributed by atoms with Gasteiger partial charge < -0.3 is 0 Å². The molecule has 0 amide bonds. The number of allylic oxidation sites excluding steroid dienone is 3. The molecule has 0 heterocycles. The van der Waals surface area contributed by atoms with Crippen molar-refractivity contribution in [3.05, 3.63) is 89.0 Å². The first kappa shape index (κ1) is 17.3. The second-order valence-electron chi connectivity index (χ2n) is 6.67. The van der Waals surface area contributed by atoms with Gasteiger partial charge in [0.1, 0.15) is 0 Å². The van der Waals surface area contributed by atoms with Crippen molar-refractivity contribution >= 4 is 5.57 Å². The molecule has 0 N–H and O–H groups in total. The van der Waals surface area contributed by atoms with Crippen LogP contribution in [0.3, 0.4) is 0 Å². The predicted molar refractivity (Wildman–Crippen MR) is 103 cm³/mol. The lowest BCUT2D eigenvalue weighted by molar-refractivity contribution is 0.679. The zero-order chi connectivity index (χ0) is 16.8. The molecule has 0 fully saturated rings. The molecule has 2 aromatic carbocycles. The van der Waals surface area contributed by atoms with Gasteiger partial charge in [-0.1, -0.05) is 73.7 Å². The molecule has 0 bridgehead atoms. The fourth-order valence-electron chi connectivity index (χ4n) is 3.10. The first-order valence-corrected chi connectivity index (χ1v) is 8.46. The summed E-state index contributed by atoms with van der Waals surface area (Å²) >= 11 is 0. The van der Waals surface area contributed by atoms with E-state index in [4.69, 9.17) is 0 Å². The van der Waals surface area contributed by atoms with Gasteiger partial charge in [0.25, 0.3) is 0 Å². The first-order chi connectivity index (χ1) is 11.0. The molecule has 0 aliphatic carbocycles. The fourth-order valence-corrected chi connectivity index (χ4v) is 3.10. The summed E-state index contributed by atoms with van der Waals surface area (Å²) < 4.78 is 0. The van der Waals surface area contributed by atoms with Crippen LogP contribution < -0.4 is 0 Å². The minimum atomic E-state index is 0.598. The van der Waals surface area contributed by atoms with Crippen LogP contribution in [0.25, 0.3) is 5.57 Å². The standard InChI is InChI=1S/C23H28/c1-17(2)15-19(4)23-14-13-21(16-20(23)5)12-11-18(3)22-9-7-6-8-10-22/h6-10,13-16,18H,1,11-12H2,2-5H3/b19-15-. The summed E-state index contributed by atoms with van der Waals surface area (Å²) in [4.78, 5) is 0. The summed E-state index contributed by atoms with van der Waals surface area (Å²) in [6.07, 6.45) is 4.46. The lowest BCUT2D eigenvalue weighted by Gasteiger charge is -2.13. The van der Waals surface area contributed by atoms with Crippen molar-refractivity contribution < 1.29 is 0 Å². The van der Waals surface area contributed by atoms with Crippen LogP contribution in [-0.4, -0.2) is 0 Å². The van der Waals surface area contributed by atoms with Gasteiger partial charge in [0.2, 0.25) is 0 Å². The summed E-state index contributed by atoms with van der Waals surface area (Å²) in [7, 11) is 0. The minimum Gasteiger partial charge on any atom is -0.0961 e. The van der Waals surface area contributed by atoms with Gasteiger partial charge in [0.05, 0.1) is 0 Å². The van der Waals surface area contributed by atoms with Crippen molar-refractivity contribution in [1.29, 1.82) is 0 Å². The number of aryl methyl sites for hydroxylation is 2. The van der Waals surface area contributed by atoms with Gasteiger partial charge in [-0.2, -0.15) is 0 Å².